The van der Waals surface area contributed by atoms with Gasteiger partial charge in [0.25, 0.3) is 0 Å². The first-order chi connectivity index (χ1) is 9.74. The Morgan fingerprint density at radius 1 is 1.25 bits per heavy atom. The molecule has 1 aliphatic rings. The molecule has 1 fully saturated rings. The number of carbonyl (C=O) groups excluding carboxylic acids is 1. The molecule has 1 aromatic carbocycles. The molecule has 20 heavy (non-hydrogen) atoms. The number of nitrogens with two attached hydrogens (primary N) is 1. The fourth-order valence-corrected chi connectivity index (χ4v) is 2.36. The number of carbonyl (C=O) groups is 1. The van der Waals surface area contributed by atoms with Crippen molar-refractivity contribution < 1.29 is 4.79 Å². The third-order valence-electron chi connectivity index (χ3n) is 3.51. The van der Waals surface area contributed by atoms with Gasteiger partial charge in [-0.3, -0.25) is 4.79 Å². The molecule has 3 N–H and O–H groups in total. The summed E-state index contributed by atoms with van der Waals surface area (Å²) in [5, 5.41) is 2.91. The van der Waals surface area contributed by atoms with Crippen molar-refractivity contribution in [2.45, 2.75) is 19.3 Å². The Hall–Kier alpha value is -1.81. The Kier molecular flexibility index (Phi) is 5.62. The Bertz CT molecular complexity index is 447. The minimum Gasteiger partial charge on any atom is -0.399 e. The van der Waals surface area contributed by atoms with E-state index in [0.717, 1.165) is 30.8 Å². The summed E-state index contributed by atoms with van der Waals surface area (Å²) in [5.41, 5.74) is 7.32. The highest BCUT2D eigenvalue weighted by Crippen LogP contribution is 2.07. The first-order valence-corrected chi connectivity index (χ1v) is 7.28. The Morgan fingerprint density at radius 3 is 2.65 bits per heavy atom. The third kappa shape index (κ3) is 5.05. The highest BCUT2D eigenvalue weighted by atomic mass is 16.1. The van der Waals surface area contributed by atoms with E-state index in [-0.39, 0.29) is 5.91 Å². The summed E-state index contributed by atoms with van der Waals surface area (Å²) >= 11 is 0. The predicted molar refractivity (Wildman–Crippen MR) is 83.2 cm³/mol. The number of likely N-dealkylation sites (tertiary alicyclic amines) is 1. The van der Waals surface area contributed by atoms with Crippen molar-refractivity contribution >= 4 is 17.7 Å². The van der Waals surface area contributed by atoms with E-state index < -0.39 is 0 Å². The van der Waals surface area contributed by atoms with E-state index in [4.69, 9.17) is 5.73 Å². The van der Waals surface area contributed by atoms with Gasteiger partial charge in [0.2, 0.25) is 5.91 Å². The van der Waals surface area contributed by atoms with Crippen molar-refractivity contribution in [1.82, 2.24) is 10.2 Å². The molecule has 0 bridgehead atoms. The highest BCUT2D eigenvalue weighted by molar-refractivity contribution is 5.91. The molecule has 0 unspecified atom stereocenters. The third-order valence-corrected chi connectivity index (χ3v) is 3.51. The molecule has 0 saturated carbocycles. The summed E-state index contributed by atoms with van der Waals surface area (Å²) < 4.78 is 0. The zero-order valence-electron chi connectivity index (χ0n) is 11.8. The van der Waals surface area contributed by atoms with E-state index in [1.165, 1.54) is 25.9 Å². The van der Waals surface area contributed by atoms with Crippen LogP contribution in [0, 0.1) is 0 Å². The number of benzene rings is 1. The molecule has 108 valence electrons. The van der Waals surface area contributed by atoms with E-state index in [1.807, 2.05) is 24.3 Å². The highest BCUT2D eigenvalue weighted by Gasteiger charge is 2.10. The summed E-state index contributed by atoms with van der Waals surface area (Å²) in [6, 6.07) is 7.44. The minimum atomic E-state index is -0.0387. The van der Waals surface area contributed by atoms with Gasteiger partial charge in [-0.2, -0.15) is 0 Å². The van der Waals surface area contributed by atoms with Crippen LogP contribution in [0.4, 0.5) is 5.69 Å². The molecular formula is C16H23N3O. The lowest BCUT2D eigenvalue weighted by molar-refractivity contribution is -0.116. The Morgan fingerprint density at radius 2 is 1.95 bits per heavy atom. The summed E-state index contributed by atoms with van der Waals surface area (Å²) in [7, 11) is 0. The van der Waals surface area contributed by atoms with Crippen LogP contribution < -0.4 is 11.1 Å². The lowest BCUT2D eigenvalue weighted by Crippen LogP contribution is -2.27. The van der Waals surface area contributed by atoms with Gasteiger partial charge in [-0.05, 0) is 62.7 Å². The van der Waals surface area contributed by atoms with E-state index in [9.17, 15) is 4.79 Å². The molecule has 0 atom stereocenters. The van der Waals surface area contributed by atoms with Crippen LogP contribution in [0.15, 0.2) is 30.3 Å². The van der Waals surface area contributed by atoms with E-state index in [1.54, 1.807) is 12.2 Å². The molecule has 4 nitrogen and oxygen atoms in total. The van der Waals surface area contributed by atoms with Crippen molar-refractivity contribution in [2.24, 2.45) is 0 Å². The van der Waals surface area contributed by atoms with Gasteiger partial charge in [-0.15, -0.1) is 0 Å². The van der Waals surface area contributed by atoms with E-state index in [2.05, 4.69) is 10.2 Å². The van der Waals surface area contributed by atoms with Gasteiger partial charge < -0.3 is 16.0 Å². The standard InChI is InChI=1S/C16H23N3O/c17-15-7-4-14(5-8-15)6-9-16(20)18-10-3-13-19-11-1-2-12-19/h4-9H,1-3,10-13,17H2,(H,18,20)/b9-6+. The second-order valence-electron chi connectivity index (χ2n) is 5.19. The van der Waals surface area contributed by atoms with E-state index >= 15 is 0 Å². The van der Waals surface area contributed by atoms with Crippen LogP contribution in [0.25, 0.3) is 6.08 Å². The molecule has 0 aromatic heterocycles. The van der Waals surface area contributed by atoms with Gasteiger partial charge in [-0.25, -0.2) is 0 Å². The Labute approximate surface area is 120 Å². The molecule has 1 amide bonds. The lowest BCUT2D eigenvalue weighted by atomic mass is 10.2. The maximum absolute atomic E-state index is 11.6. The molecular weight excluding hydrogens is 250 g/mol. The predicted octanol–water partition coefficient (Wildman–Crippen LogP) is 1.88. The van der Waals surface area contributed by atoms with Gasteiger partial charge in [0, 0.05) is 18.3 Å². The molecule has 1 saturated heterocycles. The van der Waals surface area contributed by atoms with Crippen LogP contribution in [0.2, 0.25) is 0 Å². The van der Waals surface area contributed by atoms with Gasteiger partial charge in [0.1, 0.15) is 0 Å². The number of nitrogens with one attached hydrogen (secondary N) is 1. The SMILES string of the molecule is Nc1ccc(/C=C/C(=O)NCCCN2CCCC2)cc1. The van der Waals surface area contributed by atoms with Crippen LogP contribution in [-0.2, 0) is 4.79 Å². The van der Waals surface area contributed by atoms with Crippen LogP contribution in [0.3, 0.4) is 0 Å². The monoisotopic (exact) mass is 273 g/mol. The summed E-state index contributed by atoms with van der Waals surface area (Å²) in [5.74, 6) is -0.0387. The molecule has 1 aromatic rings. The molecule has 4 heteroatoms. The quantitative estimate of drug-likeness (QED) is 0.473. The molecule has 2 rings (SSSR count). The number of anilines is 1. The second kappa shape index (κ2) is 7.70. The van der Waals surface area contributed by atoms with Crippen molar-refractivity contribution in [1.29, 1.82) is 0 Å². The average molecular weight is 273 g/mol. The summed E-state index contributed by atoms with van der Waals surface area (Å²) in [6.45, 7) is 4.25. The fourth-order valence-electron chi connectivity index (χ4n) is 2.36. The molecule has 0 aliphatic carbocycles. The number of rotatable bonds is 6. The van der Waals surface area contributed by atoms with Crippen molar-refractivity contribution in [3.05, 3.63) is 35.9 Å². The summed E-state index contributed by atoms with van der Waals surface area (Å²) in [4.78, 5) is 14.1. The van der Waals surface area contributed by atoms with Crippen LogP contribution >= 0.6 is 0 Å². The number of nitrogen functional groups attached to an aromatic ring is 1. The van der Waals surface area contributed by atoms with Crippen LogP contribution in [0.5, 0.6) is 0 Å². The maximum atomic E-state index is 11.6. The number of nitrogens with zero attached hydrogens (tertiary/aromatic N) is 1. The molecule has 0 radical (unpaired) electrons. The topological polar surface area (TPSA) is 58.4 Å². The van der Waals surface area contributed by atoms with Crippen LogP contribution in [0.1, 0.15) is 24.8 Å². The molecule has 1 heterocycles. The van der Waals surface area contributed by atoms with Crippen molar-refractivity contribution in [2.75, 3.05) is 31.9 Å². The number of hydrogen-bond acceptors (Lipinski definition) is 3. The zero-order chi connectivity index (χ0) is 14.2. The largest absolute Gasteiger partial charge is 0.399 e. The number of hydrogen-bond donors (Lipinski definition) is 2. The molecule has 1 aliphatic heterocycles. The Balaban J connectivity index is 1.63. The van der Waals surface area contributed by atoms with E-state index in [0.29, 0.717) is 0 Å². The first-order valence-electron chi connectivity index (χ1n) is 7.28. The van der Waals surface area contributed by atoms with Gasteiger partial charge >= 0.3 is 0 Å². The zero-order valence-corrected chi connectivity index (χ0v) is 11.8. The smallest absolute Gasteiger partial charge is 0.243 e. The van der Waals surface area contributed by atoms with Crippen LogP contribution in [-0.4, -0.2) is 37.0 Å². The maximum Gasteiger partial charge on any atom is 0.243 e. The second-order valence-corrected chi connectivity index (χ2v) is 5.19. The normalized spacial score (nSPS) is 15.8. The number of amides is 1. The van der Waals surface area contributed by atoms with Crippen molar-refractivity contribution in [3.63, 3.8) is 0 Å². The molecule has 0 spiro atoms. The van der Waals surface area contributed by atoms with Gasteiger partial charge in [-0.1, -0.05) is 12.1 Å². The van der Waals surface area contributed by atoms with Gasteiger partial charge in [0.05, 0.1) is 0 Å². The van der Waals surface area contributed by atoms with Crippen molar-refractivity contribution in [3.8, 4) is 0 Å². The lowest BCUT2D eigenvalue weighted by Gasteiger charge is -2.13. The first kappa shape index (κ1) is 14.6. The summed E-state index contributed by atoms with van der Waals surface area (Å²) in [6.07, 6.45) is 7.02. The fraction of sp³-hybridized carbons (Fsp3) is 0.438. The average Bonchev–Trinajstić information content (AvgIpc) is 2.96. The minimum absolute atomic E-state index is 0.0387. The van der Waals surface area contributed by atoms with Gasteiger partial charge in [0.15, 0.2) is 0 Å².